The molecule has 0 saturated carbocycles. The first-order chi connectivity index (χ1) is 10.6. The van der Waals surface area contributed by atoms with Crippen molar-refractivity contribution in [2.24, 2.45) is 0 Å². The standard InChI is InChI=1S/C16H15ClN2O3/c1-22-15(20)10-14(12-4-2-3-5-13(12)17)19-16(21)11-6-8-18-9-7-11/h2-9,14H,10H2,1H3,(H,19,21)/t14-/m0/s1. The first-order valence-corrected chi connectivity index (χ1v) is 7.01. The lowest BCUT2D eigenvalue weighted by molar-refractivity contribution is -0.141. The minimum Gasteiger partial charge on any atom is -0.469 e. The molecule has 114 valence electrons. The van der Waals surface area contributed by atoms with Gasteiger partial charge in [0, 0.05) is 23.0 Å². The monoisotopic (exact) mass is 318 g/mol. The zero-order valence-corrected chi connectivity index (χ0v) is 12.7. The number of rotatable bonds is 5. The molecule has 6 heteroatoms. The average molecular weight is 319 g/mol. The summed E-state index contributed by atoms with van der Waals surface area (Å²) in [6.45, 7) is 0. The molecule has 0 radical (unpaired) electrons. The number of aromatic nitrogens is 1. The Labute approximate surface area is 133 Å². The molecule has 22 heavy (non-hydrogen) atoms. The number of carbonyl (C=O) groups excluding carboxylic acids is 2. The van der Waals surface area contributed by atoms with Crippen LogP contribution < -0.4 is 5.32 Å². The van der Waals surface area contributed by atoms with E-state index >= 15 is 0 Å². The zero-order valence-electron chi connectivity index (χ0n) is 12.0. The molecule has 5 nitrogen and oxygen atoms in total. The van der Waals surface area contributed by atoms with Crippen molar-refractivity contribution in [1.82, 2.24) is 10.3 Å². The number of methoxy groups -OCH3 is 1. The van der Waals surface area contributed by atoms with Gasteiger partial charge in [-0.1, -0.05) is 29.8 Å². The van der Waals surface area contributed by atoms with Crippen LogP contribution in [-0.2, 0) is 9.53 Å². The van der Waals surface area contributed by atoms with Crippen molar-refractivity contribution >= 4 is 23.5 Å². The summed E-state index contributed by atoms with van der Waals surface area (Å²) in [7, 11) is 1.30. The number of nitrogens with zero attached hydrogens (tertiary/aromatic N) is 1. The molecule has 0 aliphatic carbocycles. The van der Waals surface area contributed by atoms with Crippen molar-refractivity contribution in [3.8, 4) is 0 Å². The lowest BCUT2D eigenvalue weighted by Crippen LogP contribution is -2.30. The van der Waals surface area contributed by atoms with Crippen molar-refractivity contribution in [1.29, 1.82) is 0 Å². The molecular formula is C16H15ClN2O3. The lowest BCUT2D eigenvalue weighted by atomic mass is 10.0. The van der Waals surface area contributed by atoms with Crippen LogP contribution in [0.4, 0.5) is 0 Å². The molecular weight excluding hydrogens is 304 g/mol. The Morgan fingerprint density at radius 3 is 2.55 bits per heavy atom. The van der Waals surface area contributed by atoms with Gasteiger partial charge in [-0.25, -0.2) is 0 Å². The fraction of sp³-hybridized carbons (Fsp3) is 0.188. The van der Waals surface area contributed by atoms with Crippen molar-refractivity contribution in [2.45, 2.75) is 12.5 Å². The number of hydrogen-bond donors (Lipinski definition) is 1. The van der Waals surface area contributed by atoms with Gasteiger partial charge in [-0.15, -0.1) is 0 Å². The van der Waals surface area contributed by atoms with Gasteiger partial charge in [0.25, 0.3) is 5.91 Å². The lowest BCUT2D eigenvalue weighted by Gasteiger charge is -2.19. The van der Waals surface area contributed by atoms with Gasteiger partial charge < -0.3 is 10.1 Å². The maximum absolute atomic E-state index is 12.3. The van der Waals surface area contributed by atoms with E-state index in [4.69, 9.17) is 11.6 Å². The van der Waals surface area contributed by atoms with Crippen LogP contribution in [0.2, 0.25) is 5.02 Å². The normalized spacial score (nSPS) is 11.5. The molecule has 0 unspecified atom stereocenters. The van der Waals surface area contributed by atoms with Gasteiger partial charge in [-0.05, 0) is 23.8 Å². The van der Waals surface area contributed by atoms with E-state index in [0.29, 0.717) is 16.1 Å². The zero-order chi connectivity index (χ0) is 15.9. The molecule has 1 aromatic heterocycles. The molecule has 0 saturated heterocycles. The maximum atomic E-state index is 12.3. The summed E-state index contributed by atoms with van der Waals surface area (Å²) in [6.07, 6.45) is 3.05. The quantitative estimate of drug-likeness (QED) is 0.861. The summed E-state index contributed by atoms with van der Waals surface area (Å²) in [5, 5.41) is 3.28. The number of benzene rings is 1. The fourth-order valence-electron chi connectivity index (χ4n) is 1.99. The molecule has 1 N–H and O–H groups in total. The molecule has 1 amide bonds. The van der Waals surface area contributed by atoms with E-state index in [9.17, 15) is 9.59 Å². The second-order valence-corrected chi connectivity index (χ2v) is 4.97. The SMILES string of the molecule is COC(=O)C[C@H](NC(=O)c1ccncc1)c1ccccc1Cl. The van der Waals surface area contributed by atoms with Crippen molar-refractivity contribution in [3.63, 3.8) is 0 Å². The Hall–Kier alpha value is -2.40. The summed E-state index contributed by atoms with van der Waals surface area (Å²) in [4.78, 5) is 27.7. The predicted octanol–water partition coefficient (Wildman–Crippen LogP) is 2.77. The Bertz CT molecular complexity index is 661. The summed E-state index contributed by atoms with van der Waals surface area (Å²) >= 11 is 6.16. The summed E-state index contributed by atoms with van der Waals surface area (Å²) in [5.41, 5.74) is 1.12. The van der Waals surface area contributed by atoms with E-state index in [2.05, 4.69) is 15.0 Å². The van der Waals surface area contributed by atoms with Crippen LogP contribution in [0.25, 0.3) is 0 Å². The van der Waals surface area contributed by atoms with Crippen LogP contribution in [0.15, 0.2) is 48.8 Å². The fourth-order valence-corrected chi connectivity index (χ4v) is 2.26. The highest BCUT2D eigenvalue weighted by Gasteiger charge is 2.21. The molecule has 0 spiro atoms. The Morgan fingerprint density at radius 2 is 1.91 bits per heavy atom. The smallest absolute Gasteiger partial charge is 0.307 e. The first kappa shape index (κ1) is 16.0. The Kier molecular flexibility index (Phi) is 5.49. The maximum Gasteiger partial charge on any atom is 0.307 e. The van der Waals surface area contributed by atoms with Gasteiger partial charge >= 0.3 is 5.97 Å². The highest BCUT2D eigenvalue weighted by molar-refractivity contribution is 6.31. The van der Waals surface area contributed by atoms with Gasteiger partial charge in [0.2, 0.25) is 0 Å². The Morgan fingerprint density at radius 1 is 1.23 bits per heavy atom. The minimum atomic E-state index is -0.568. The number of hydrogen-bond acceptors (Lipinski definition) is 4. The molecule has 1 atom stereocenters. The van der Waals surface area contributed by atoms with E-state index in [1.807, 2.05) is 0 Å². The molecule has 2 rings (SSSR count). The van der Waals surface area contributed by atoms with Crippen LogP contribution in [-0.4, -0.2) is 24.0 Å². The van der Waals surface area contributed by atoms with Crippen LogP contribution in [0.5, 0.6) is 0 Å². The number of esters is 1. The number of pyridine rings is 1. The predicted molar refractivity (Wildman–Crippen MR) is 82.5 cm³/mol. The van der Waals surface area contributed by atoms with E-state index in [0.717, 1.165) is 0 Å². The molecule has 0 aliphatic heterocycles. The number of nitrogens with one attached hydrogen (secondary N) is 1. The van der Waals surface area contributed by atoms with E-state index in [1.165, 1.54) is 19.5 Å². The van der Waals surface area contributed by atoms with Crippen LogP contribution in [0.1, 0.15) is 28.4 Å². The largest absolute Gasteiger partial charge is 0.469 e. The first-order valence-electron chi connectivity index (χ1n) is 6.64. The topological polar surface area (TPSA) is 68.3 Å². The highest BCUT2D eigenvalue weighted by atomic mass is 35.5. The second kappa shape index (κ2) is 7.56. The third kappa shape index (κ3) is 4.05. The van der Waals surface area contributed by atoms with Gasteiger partial charge in [0.15, 0.2) is 0 Å². The van der Waals surface area contributed by atoms with Crippen LogP contribution >= 0.6 is 11.6 Å². The van der Waals surface area contributed by atoms with Crippen LogP contribution in [0, 0.1) is 0 Å². The molecule has 0 fully saturated rings. The number of halogens is 1. The summed E-state index contributed by atoms with van der Waals surface area (Å²) in [5.74, 6) is -0.740. The molecule has 0 aliphatic rings. The van der Waals surface area contributed by atoms with E-state index in [-0.39, 0.29) is 12.3 Å². The van der Waals surface area contributed by atoms with Gasteiger partial charge in [-0.2, -0.15) is 0 Å². The third-order valence-electron chi connectivity index (χ3n) is 3.13. The summed E-state index contributed by atoms with van der Waals surface area (Å²) < 4.78 is 4.69. The second-order valence-electron chi connectivity index (χ2n) is 4.56. The van der Waals surface area contributed by atoms with E-state index in [1.54, 1.807) is 36.4 Å². The molecule has 0 bridgehead atoms. The number of carbonyl (C=O) groups is 2. The molecule has 1 heterocycles. The number of amides is 1. The minimum absolute atomic E-state index is 0.00292. The number of ether oxygens (including phenoxy) is 1. The van der Waals surface area contributed by atoms with Gasteiger partial charge in [-0.3, -0.25) is 14.6 Å². The molecule has 1 aromatic carbocycles. The highest BCUT2D eigenvalue weighted by Crippen LogP contribution is 2.25. The molecule has 2 aromatic rings. The van der Waals surface area contributed by atoms with Crippen molar-refractivity contribution in [3.05, 3.63) is 64.9 Å². The van der Waals surface area contributed by atoms with E-state index < -0.39 is 12.0 Å². The van der Waals surface area contributed by atoms with Gasteiger partial charge in [0.05, 0.1) is 19.6 Å². The van der Waals surface area contributed by atoms with Crippen molar-refractivity contribution < 1.29 is 14.3 Å². The van der Waals surface area contributed by atoms with Gasteiger partial charge in [0.1, 0.15) is 0 Å². The van der Waals surface area contributed by atoms with Crippen LogP contribution in [0.3, 0.4) is 0 Å². The summed E-state index contributed by atoms with van der Waals surface area (Å²) in [6, 6.07) is 9.67. The third-order valence-corrected chi connectivity index (χ3v) is 3.47. The van der Waals surface area contributed by atoms with Crippen molar-refractivity contribution in [2.75, 3.05) is 7.11 Å². The average Bonchev–Trinajstić information content (AvgIpc) is 2.55. The Balaban J connectivity index is 2.23.